The number of carboxylic acids is 2. The Morgan fingerprint density at radius 2 is 1.41 bits per heavy atom. The van der Waals surface area contributed by atoms with Crippen LogP contribution in [0.5, 0.6) is 0 Å². The van der Waals surface area contributed by atoms with Gasteiger partial charge in [0.1, 0.15) is 0 Å². The molecule has 27 heavy (non-hydrogen) atoms. The minimum Gasteiger partial charge on any atom is -0.481 e. The Labute approximate surface area is 164 Å². The van der Waals surface area contributed by atoms with Crippen LogP contribution in [-0.4, -0.2) is 45.1 Å². The maximum absolute atomic E-state index is 11.3. The SMILES string of the molecule is CCCC(CCCCCCCCCC(=O)O)CCC(CC(O)CO)C(=O)O. The third-order valence-electron chi connectivity index (χ3n) is 5.24. The number of aliphatic carboxylic acids is 2. The molecule has 0 spiro atoms. The summed E-state index contributed by atoms with van der Waals surface area (Å²) >= 11 is 0. The first-order valence-corrected chi connectivity index (χ1v) is 10.6. The van der Waals surface area contributed by atoms with Crippen LogP contribution in [-0.2, 0) is 9.59 Å². The summed E-state index contributed by atoms with van der Waals surface area (Å²) in [5, 5.41) is 36.3. The van der Waals surface area contributed by atoms with Gasteiger partial charge in [0.25, 0.3) is 0 Å². The maximum atomic E-state index is 11.3. The molecule has 0 saturated carbocycles. The first kappa shape index (κ1) is 25.9. The smallest absolute Gasteiger partial charge is 0.306 e. The highest BCUT2D eigenvalue weighted by Crippen LogP contribution is 2.25. The molecule has 0 amide bonds. The van der Waals surface area contributed by atoms with E-state index in [0.717, 1.165) is 57.8 Å². The Balaban J connectivity index is 3.94. The summed E-state index contributed by atoms with van der Waals surface area (Å²) in [7, 11) is 0. The summed E-state index contributed by atoms with van der Waals surface area (Å²) in [6.45, 7) is 1.76. The molecule has 0 radical (unpaired) electrons. The molecule has 160 valence electrons. The zero-order valence-corrected chi connectivity index (χ0v) is 16.9. The molecule has 3 unspecified atom stereocenters. The van der Waals surface area contributed by atoms with Gasteiger partial charge in [0.15, 0.2) is 0 Å². The summed E-state index contributed by atoms with van der Waals surface area (Å²) < 4.78 is 0. The van der Waals surface area contributed by atoms with Crippen molar-refractivity contribution in [2.45, 2.75) is 103 Å². The van der Waals surface area contributed by atoms with Crippen molar-refractivity contribution < 1.29 is 30.0 Å². The van der Waals surface area contributed by atoms with Gasteiger partial charge in [-0.05, 0) is 31.6 Å². The largest absolute Gasteiger partial charge is 0.481 e. The summed E-state index contributed by atoms with van der Waals surface area (Å²) in [4.78, 5) is 21.8. The molecule has 0 aliphatic carbocycles. The predicted molar refractivity (Wildman–Crippen MR) is 106 cm³/mol. The van der Waals surface area contributed by atoms with E-state index >= 15 is 0 Å². The third kappa shape index (κ3) is 15.6. The van der Waals surface area contributed by atoms with Crippen molar-refractivity contribution in [1.82, 2.24) is 0 Å². The van der Waals surface area contributed by atoms with E-state index in [4.69, 9.17) is 10.2 Å². The number of carbonyl (C=O) groups is 2. The molecule has 0 aromatic heterocycles. The second kappa shape index (κ2) is 17.0. The standard InChI is InChI=1S/C21H40O6/c1-2-10-17(13-14-18(21(26)27)15-19(23)16-22)11-8-6-4-3-5-7-9-12-20(24)25/h17-19,22-23H,2-16H2,1H3,(H,24,25)(H,26,27). The molecule has 0 saturated heterocycles. The second-order valence-electron chi connectivity index (χ2n) is 7.75. The molecule has 3 atom stereocenters. The summed E-state index contributed by atoms with van der Waals surface area (Å²) in [5.41, 5.74) is 0. The van der Waals surface area contributed by atoms with Crippen molar-refractivity contribution in [3.05, 3.63) is 0 Å². The number of hydrogen-bond donors (Lipinski definition) is 4. The Hall–Kier alpha value is -1.14. The third-order valence-corrected chi connectivity index (χ3v) is 5.24. The van der Waals surface area contributed by atoms with Gasteiger partial charge in [0.2, 0.25) is 0 Å². The molecule has 6 nitrogen and oxygen atoms in total. The zero-order valence-electron chi connectivity index (χ0n) is 16.9. The number of hydrogen-bond acceptors (Lipinski definition) is 4. The molecule has 0 aliphatic rings. The van der Waals surface area contributed by atoms with Gasteiger partial charge < -0.3 is 20.4 Å². The van der Waals surface area contributed by atoms with Crippen LogP contribution in [0.1, 0.15) is 96.8 Å². The average molecular weight is 389 g/mol. The lowest BCUT2D eigenvalue weighted by Gasteiger charge is -2.20. The topological polar surface area (TPSA) is 115 Å². The monoisotopic (exact) mass is 388 g/mol. The minimum absolute atomic E-state index is 0.118. The Kier molecular flexibility index (Phi) is 16.3. The highest BCUT2D eigenvalue weighted by atomic mass is 16.4. The van der Waals surface area contributed by atoms with Crippen LogP contribution < -0.4 is 0 Å². The van der Waals surface area contributed by atoms with E-state index in [9.17, 15) is 19.8 Å². The Morgan fingerprint density at radius 3 is 1.93 bits per heavy atom. The van der Waals surface area contributed by atoms with Crippen LogP contribution in [0, 0.1) is 11.8 Å². The van der Waals surface area contributed by atoms with E-state index in [1.54, 1.807) is 0 Å². The molecule has 0 bridgehead atoms. The van der Waals surface area contributed by atoms with Crippen LogP contribution in [0.3, 0.4) is 0 Å². The van der Waals surface area contributed by atoms with Crippen LogP contribution >= 0.6 is 0 Å². The van der Waals surface area contributed by atoms with E-state index in [1.165, 1.54) is 12.8 Å². The lowest BCUT2D eigenvalue weighted by Crippen LogP contribution is -2.23. The molecule has 0 aromatic rings. The van der Waals surface area contributed by atoms with Gasteiger partial charge in [-0.2, -0.15) is 0 Å². The molecule has 0 aromatic carbocycles. The van der Waals surface area contributed by atoms with Crippen LogP contribution in [0.2, 0.25) is 0 Å². The number of unbranched alkanes of at least 4 members (excludes halogenated alkanes) is 6. The van der Waals surface area contributed by atoms with Gasteiger partial charge in [-0.15, -0.1) is 0 Å². The van der Waals surface area contributed by atoms with Gasteiger partial charge in [0, 0.05) is 6.42 Å². The highest BCUT2D eigenvalue weighted by Gasteiger charge is 2.22. The van der Waals surface area contributed by atoms with Crippen LogP contribution in [0.25, 0.3) is 0 Å². The number of carboxylic acid groups (broad SMARTS) is 2. The van der Waals surface area contributed by atoms with Crippen molar-refractivity contribution in [2.24, 2.45) is 11.8 Å². The Bertz CT molecular complexity index is 385. The van der Waals surface area contributed by atoms with E-state index in [-0.39, 0.29) is 12.8 Å². The van der Waals surface area contributed by atoms with Crippen molar-refractivity contribution >= 4 is 11.9 Å². The van der Waals surface area contributed by atoms with E-state index in [2.05, 4.69) is 6.92 Å². The van der Waals surface area contributed by atoms with Crippen LogP contribution in [0.4, 0.5) is 0 Å². The van der Waals surface area contributed by atoms with Gasteiger partial charge >= 0.3 is 11.9 Å². The molecule has 0 aliphatic heterocycles. The van der Waals surface area contributed by atoms with Crippen molar-refractivity contribution in [3.8, 4) is 0 Å². The van der Waals surface area contributed by atoms with E-state index in [0.29, 0.717) is 12.3 Å². The van der Waals surface area contributed by atoms with Gasteiger partial charge in [-0.3, -0.25) is 9.59 Å². The van der Waals surface area contributed by atoms with Crippen molar-refractivity contribution in [1.29, 1.82) is 0 Å². The maximum Gasteiger partial charge on any atom is 0.306 e. The average Bonchev–Trinajstić information content (AvgIpc) is 2.62. The van der Waals surface area contributed by atoms with Crippen LogP contribution in [0.15, 0.2) is 0 Å². The first-order chi connectivity index (χ1) is 12.9. The zero-order chi connectivity index (χ0) is 20.5. The highest BCUT2D eigenvalue weighted by molar-refractivity contribution is 5.69. The van der Waals surface area contributed by atoms with Gasteiger partial charge in [-0.25, -0.2) is 0 Å². The molecule has 0 heterocycles. The first-order valence-electron chi connectivity index (χ1n) is 10.6. The van der Waals surface area contributed by atoms with Gasteiger partial charge in [-0.1, -0.05) is 64.7 Å². The summed E-state index contributed by atoms with van der Waals surface area (Å²) in [6.07, 6.45) is 11.6. The predicted octanol–water partition coefficient (Wildman–Crippen LogP) is 4.22. The molecular formula is C21H40O6. The fraction of sp³-hybridized carbons (Fsp3) is 0.905. The minimum atomic E-state index is -0.953. The van der Waals surface area contributed by atoms with E-state index < -0.39 is 30.6 Å². The lowest BCUT2D eigenvalue weighted by atomic mass is 9.87. The quantitative estimate of drug-likeness (QED) is 0.246. The van der Waals surface area contributed by atoms with Crippen molar-refractivity contribution in [3.63, 3.8) is 0 Å². The molecule has 0 rings (SSSR count). The lowest BCUT2D eigenvalue weighted by molar-refractivity contribution is -0.143. The number of aliphatic hydroxyl groups excluding tert-OH is 2. The normalized spacial score (nSPS) is 14.6. The number of rotatable bonds is 19. The fourth-order valence-corrected chi connectivity index (χ4v) is 3.62. The summed E-state index contributed by atoms with van der Waals surface area (Å²) in [6, 6.07) is 0. The molecule has 4 N–H and O–H groups in total. The number of aliphatic hydroxyl groups is 2. The fourth-order valence-electron chi connectivity index (χ4n) is 3.62. The van der Waals surface area contributed by atoms with Gasteiger partial charge in [0.05, 0.1) is 18.6 Å². The Morgan fingerprint density at radius 1 is 0.815 bits per heavy atom. The van der Waals surface area contributed by atoms with Crippen molar-refractivity contribution in [2.75, 3.05) is 6.61 Å². The summed E-state index contributed by atoms with van der Waals surface area (Å²) in [5.74, 6) is -1.66. The molecular weight excluding hydrogens is 348 g/mol. The molecule has 6 heteroatoms. The molecule has 0 fully saturated rings. The van der Waals surface area contributed by atoms with E-state index in [1.807, 2.05) is 0 Å². The second-order valence-corrected chi connectivity index (χ2v) is 7.75.